The van der Waals surface area contributed by atoms with Gasteiger partial charge < -0.3 is 20.5 Å². The van der Waals surface area contributed by atoms with Crippen molar-refractivity contribution in [3.05, 3.63) is 77.4 Å². The van der Waals surface area contributed by atoms with E-state index in [9.17, 15) is 9.59 Å². The highest BCUT2D eigenvalue weighted by Gasteiger charge is 2.51. The molecule has 1 aliphatic heterocycles. The van der Waals surface area contributed by atoms with E-state index in [1.807, 2.05) is 55.5 Å². The summed E-state index contributed by atoms with van der Waals surface area (Å²) in [6, 6.07) is 18.7. The number of fused-ring (bicyclic) bond motifs is 1. The number of hydrogen-bond acceptors (Lipinski definition) is 4. The standard InChI is InChI=1S/C25H22N2O4.H2/c1-15-19(16-5-7-17(8-6-16)23(26)28)3-2-4-20(15)27-24(29)25(11-12-25)18-9-10-21-22(13-18)31-14-30-21;/h2-10,13H,11-12,14H2,1H3,(H2,26,28)(H,27,29);1H. The highest BCUT2D eigenvalue weighted by Crippen LogP contribution is 2.51. The Balaban J connectivity index is 0.00000245. The summed E-state index contributed by atoms with van der Waals surface area (Å²) in [5, 5.41) is 3.13. The molecule has 3 aromatic carbocycles. The van der Waals surface area contributed by atoms with Crippen molar-refractivity contribution < 1.29 is 20.5 Å². The summed E-state index contributed by atoms with van der Waals surface area (Å²) in [4.78, 5) is 24.6. The van der Waals surface area contributed by atoms with E-state index in [0.29, 0.717) is 17.1 Å². The molecule has 6 heteroatoms. The first-order chi connectivity index (χ1) is 15.0. The maximum atomic E-state index is 13.3. The molecule has 0 saturated heterocycles. The molecule has 0 unspecified atom stereocenters. The number of rotatable bonds is 5. The molecule has 0 atom stereocenters. The molecular weight excluding hydrogens is 392 g/mol. The van der Waals surface area contributed by atoms with Gasteiger partial charge in [-0.25, -0.2) is 0 Å². The number of nitrogens with two attached hydrogens (primary N) is 1. The van der Waals surface area contributed by atoms with E-state index in [0.717, 1.165) is 40.8 Å². The van der Waals surface area contributed by atoms with Gasteiger partial charge >= 0.3 is 0 Å². The zero-order chi connectivity index (χ0) is 21.6. The average Bonchev–Trinajstić information content (AvgIpc) is 3.46. The summed E-state index contributed by atoms with van der Waals surface area (Å²) in [7, 11) is 0. The average molecular weight is 416 g/mol. The molecule has 0 bridgehead atoms. The van der Waals surface area contributed by atoms with E-state index in [1.165, 1.54) is 0 Å². The van der Waals surface area contributed by atoms with Crippen molar-refractivity contribution in [1.29, 1.82) is 0 Å². The molecular formula is C25H24N2O4. The van der Waals surface area contributed by atoms with E-state index < -0.39 is 11.3 Å². The number of primary amides is 1. The first-order valence-corrected chi connectivity index (χ1v) is 10.2. The van der Waals surface area contributed by atoms with Crippen LogP contribution in [0.5, 0.6) is 11.5 Å². The number of carbonyl (C=O) groups excluding carboxylic acids is 2. The Kier molecular flexibility index (Phi) is 4.43. The Labute approximate surface area is 181 Å². The Hall–Kier alpha value is -3.80. The molecule has 1 fully saturated rings. The molecule has 2 aliphatic rings. The van der Waals surface area contributed by atoms with Crippen molar-refractivity contribution in [2.24, 2.45) is 5.73 Å². The lowest BCUT2D eigenvalue weighted by Crippen LogP contribution is -2.28. The SMILES string of the molecule is Cc1c(NC(=O)C2(c3ccc4c(c3)OCO4)CC2)cccc1-c1ccc(C(N)=O)cc1.[HH]. The molecule has 0 aromatic heterocycles. The van der Waals surface area contributed by atoms with Gasteiger partial charge in [0.15, 0.2) is 11.5 Å². The van der Waals surface area contributed by atoms with Gasteiger partial charge in [-0.1, -0.05) is 30.3 Å². The second kappa shape index (κ2) is 7.16. The predicted octanol–water partition coefficient (Wildman–Crippen LogP) is 4.41. The van der Waals surface area contributed by atoms with Gasteiger partial charge in [-0.15, -0.1) is 0 Å². The zero-order valence-corrected chi connectivity index (χ0v) is 17.1. The smallest absolute Gasteiger partial charge is 0.248 e. The van der Waals surface area contributed by atoms with E-state index in [4.69, 9.17) is 15.2 Å². The fourth-order valence-electron chi connectivity index (χ4n) is 4.11. The number of benzene rings is 3. The fraction of sp³-hybridized carbons (Fsp3) is 0.200. The minimum Gasteiger partial charge on any atom is -0.454 e. The van der Waals surface area contributed by atoms with Gasteiger partial charge in [0.1, 0.15) is 0 Å². The molecule has 1 heterocycles. The molecule has 1 saturated carbocycles. The van der Waals surface area contributed by atoms with Gasteiger partial charge in [0.2, 0.25) is 18.6 Å². The lowest BCUT2D eigenvalue weighted by Gasteiger charge is -2.18. The van der Waals surface area contributed by atoms with Crippen LogP contribution in [0.2, 0.25) is 0 Å². The van der Waals surface area contributed by atoms with Crippen molar-refractivity contribution in [3.8, 4) is 22.6 Å². The summed E-state index contributed by atoms with van der Waals surface area (Å²) in [6.07, 6.45) is 1.59. The Morgan fingerprint density at radius 2 is 1.74 bits per heavy atom. The van der Waals surface area contributed by atoms with Gasteiger partial charge in [-0.2, -0.15) is 0 Å². The first-order valence-electron chi connectivity index (χ1n) is 10.2. The minimum atomic E-state index is -0.535. The highest BCUT2D eigenvalue weighted by atomic mass is 16.7. The Bertz CT molecular complexity index is 1200. The fourth-order valence-corrected chi connectivity index (χ4v) is 4.11. The third kappa shape index (κ3) is 3.30. The molecule has 6 nitrogen and oxygen atoms in total. The van der Waals surface area contributed by atoms with Crippen LogP contribution in [0.15, 0.2) is 60.7 Å². The predicted molar refractivity (Wildman–Crippen MR) is 119 cm³/mol. The zero-order valence-electron chi connectivity index (χ0n) is 17.1. The van der Waals surface area contributed by atoms with Crippen LogP contribution in [-0.2, 0) is 10.2 Å². The van der Waals surface area contributed by atoms with Crippen molar-refractivity contribution in [2.75, 3.05) is 12.1 Å². The van der Waals surface area contributed by atoms with Crippen molar-refractivity contribution in [1.82, 2.24) is 0 Å². The van der Waals surface area contributed by atoms with Crippen LogP contribution in [0, 0.1) is 6.92 Å². The summed E-state index contributed by atoms with van der Waals surface area (Å²) < 4.78 is 10.9. The van der Waals surface area contributed by atoms with Crippen molar-refractivity contribution in [3.63, 3.8) is 0 Å². The van der Waals surface area contributed by atoms with Crippen LogP contribution >= 0.6 is 0 Å². The molecule has 31 heavy (non-hydrogen) atoms. The molecule has 158 valence electrons. The van der Waals surface area contributed by atoms with Gasteiger partial charge in [0, 0.05) is 12.7 Å². The molecule has 3 aromatic rings. The van der Waals surface area contributed by atoms with Crippen LogP contribution in [0.25, 0.3) is 11.1 Å². The monoisotopic (exact) mass is 416 g/mol. The lowest BCUT2D eigenvalue weighted by molar-refractivity contribution is -0.118. The molecule has 1 aliphatic carbocycles. The van der Waals surface area contributed by atoms with Gasteiger partial charge in [0.25, 0.3) is 0 Å². The number of anilines is 1. The maximum absolute atomic E-state index is 13.3. The van der Waals surface area contributed by atoms with E-state index in [2.05, 4.69) is 5.32 Å². The maximum Gasteiger partial charge on any atom is 0.248 e. The van der Waals surface area contributed by atoms with Crippen LogP contribution in [0.3, 0.4) is 0 Å². The van der Waals surface area contributed by atoms with Crippen LogP contribution in [0.1, 0.15) is 35.8 Å². The Morgan fingerprint density at radius 3 is 2.45 bits per heavy atom. The third-order valence-electron chi connectivity index (χ3n) is 6.17. The van der Waals surface area contributed by atoms with E-state index in [-0.39, 0.29) is 14.1 Å². The summed E-state index contributed by atoms with van der Waals surface area (Å²) in [5.41, 5.74) is 9.89. The molecule has 0 radical (unpaired) electrons. The summed E-state index contributed by atoms with van der Waals surface area (Å²) in [6.45, 7) is 2.19. The van der Waals surface area contributed by atoms with Crippen LogP contribution in [0.4, 0.5) is 5.69 Å². The van der Waals surface area contributed by atoms with Gasteiger partial charge in [-0.05, 0) is 72.4 Å². The molecule has 5 rings (SSSR count). The number of hydrogen-bond donors (Lipinski definition) is 2. The minimum absolute atomic E-state index is 0. The molecule has 2 amide bonds. The van der Waals surface area contributed by atoms with Crippen LogP contribution < -0.4 is 20.5 Å². The summed E-state index contributed by atoms with van der Waals surface area (Å²) in [5.74, 6) is 0.929. The molecule has 3 N–H and O–H groups in total. The van der Waals surface area contributed by atoms with Crippen molar-refractivity contribution in [2.45, 2.75) is 25.2 Å². The number of amides is 2. The quantitative estimate of drug-likeness (QED) is 0.645. The first kappa shape index (κ1) is 19.2. The van der Waals surface area contributed by atoms with E-state index >= 15 is 0 Å². The van der Waals surface area contributed by atoms with Crippen molar-refractivity contribution >= 4 is 17.5 Å². The second-order valence-electron chi connectivity index (χ2n) is 8.02. The largest absolute Gasteiger partial charge is 0.454 e. The second-order valence-corrected chi connectivity index (χ2v) is 8.02. The third-order valence-corrected chi connectivity index (χ3v) is 6.17. The molecule has 0 spiro atoms. The number of carbonyl (C=O) groups is 2. The van der Waals surface area contributed by atoms with Gasteiger partial charge in [0.05, 0.1) is 5.41 Å². The number of nitrogens with one attached hydrogen (secondary N) is 1. The Morgan fingerprint density at radius 1 is 1.00 bits per heavy atom. The normalized spacial score (nSPS) is 15.4. The van der Waals surface area contributed by atoms with Gasteiger partial charge in [-0.3, -0.25) is 9.59 Å². The number of ether oxygens (including phenoxy) is 2. The lowest BCUT2D eigenvalue weighted by atomic mass is 9.93. The highest BCUT2D eigenvalue weighted by molar-refractivity contribution is 6.02. The van der Waals surface area contributed by atoms with Crippen LogP contribution in [-0.4, -0.2) is 18.6 Å². The summed E-state index contributed by atoms with van der Waals surface area (Å²) >= 11 is 0. The topological polar surface area (TPSA) is 90.7 Å². The van der Waals surface area contributed by atoms with E-state index in [1.54, 1.807) is 12.1 Å².